The van der Waals surface area contributed by atoms with Crippen LogP contribution in [0.25, 0.3) is 0 Å². The van der Waals surface area contributed by atoms with Crippen LogP contribution in [-0.4, -0.2) is 33.2 Å². The molecule has 132 valence electrons. The van der Waals surface area contributed by atoms with E-state index in [9.17, 15) is 13.2 Å². The molecule has 2 aromatic carbocycles. The van der Waals surface area contributed by atoms with Crippen LogP contribution in [-0.2, 0) is 14.8 Å². The number of rotatable bonds is 3. The molecule has 1 aliphatic rings. The van der Waals surface area contributed by atoms with Gasteiger partial charge in [0.15, 0.2) is 6.10 Å². The van der Waals surface area contributed by atoms with Crippen molar-refractivity contribution in [2.24, 2.45) is 0 Å². The van der Waals surface area contributed by atoms with Gasteiger partial charge in [0.25, 0.3) is 5.91 Å². The van der Waals surface area contributed by atoms with Crippen molar-refractivity contribution >= 4 is 38.9 Å². The number of nitrogens with one attached hydrogen (secondary N) is 1. The molecule has 0 radical (unpaired) electrons. The molecule has 1 heterocycles. The minimum Gasteiger partial charge on any atom is -0.476 e. The maximum Gasteiger partial charge on any atom is 0.267 e. The second-order valence-corrected chi connectivity index (χ2v) is 8.16. The Labute approximate surface area is 151 Å². The lowest BCUT2D eigenvalue weighted by Crippen LogP contribution is -2.48. The van der Waals surface area contributed by atoms with E-state index < -0.39 is 22.0 Å². The van der Waals surface area contributed by atoms with Crippen LogP contribution >= 0.6 is 11.6 Å². The molecule has 0 saturated heterocycles. The molecule has 3 rings (SSSR count). The quantitative estimate of drug-likeness (QED) is 0.888. The zero-order valence-electron chi connectivity index (χ0n) is 13.7. The van der Waals surface area contributed by atoms with Gasteiger partial charge >= 0.3 is 0 Å². The predicted octanol–water partition coefficient (Wildman–Crippen LogP) is 2.81. The Morgan fingerprint density at radius 2 is 2.00 bits per heavy atom. The lowest BCUT2D eigenvalue weighted by molar-refractivity contribution is -0.122. The van der Waals surface area contributed by atoms with Gasteiger partial charge in [-0.25, -0.2) is 8.42 Å². The summed E-state index contributed by atoms with van der Waals surface area (Å²) < 4.78 is 31.1. The van der Waals surface area contributed by atoms with Crippen LogP contribution < -0.4 is 14.4 Å². The molecule has 1 N–H and O–H groups in total. The monoisotopic (exact) mass is 380 g/mol. The smallest absolute Gasteiger partial charge is 0.267 e. The number of benzene rings is 2. The number of para-hydroxylation sites is 2. The topological polar surface area (TPSA) is 75.7 Å². The van der Waals surface area contributed by atoms with Gasteiger partial charge in [0, 0.05) is 10.7 Å². The van der Waals surface area contributed by atoms with Crippen LogP contribution in [0.5, 0.6) is 5.75 Å². The number of anilines is 2. The van der Waals surface area contributed by atoms with Crippen LogP contribution in [0.2, 0.25) is 5.02 Å². The average Bonchev–Trinajstić information content (AvgIpc) is 2.55. The number of aryl methyl sites for hydroxylation is 1. The first-order valence-corrected chi connectivity index (χ1v) is 9.79. The van der Waals surface area contributed by atoms with Crippen molar-refractivity contribution in [3.63, 3.8) is 0 Å². The van der Waals surface area contributed by atoms with Gasteiger partial charge in [-0.15, -0.1) is 0 Å². The summed E-state index contributed by atoms with van der Waals surface area (Å²) in [5.74, 6) is -0.0688. The summed E-state index contributed by atoms with van der Waals surface area (Å²) >= 11 is 5.92. The van der Waals surface area contributed by atoms with Gasteiger partial charge in [-0.1, -0.05) is 23.7 Å². The minimum absolute atomic E-state index is 0.0890. The highest BCUT2D eigenvalue weighted by Crippen LogP contribution is 2.34. The third-order valence-electron chi connectivity index (χ3n) is 3.87. The summed E-state index contributed by atoms with van der Waals surface area (Å²) in [6.07, 6.45) is 0.146. The largest absolute Gasteiger partial charge is 0.476 e. The average molecular weight is 381 g/mol. The first-order valence-electron chi connectivity index (χ1n) is 7.56. The lowest BCUT2D eigenvalue weighted by atomic mass is 10.1. The van der Waals surface area contributed by atoms with Crippen molar-refractivity contribution < 1.29 is 17.9 Å². The van der Waals surface area contributed by atoms with Gasteiger partial charge in [0.05, 0.1) is 18.5 Å². The first-order chi connectivity index (χ1) is 11.8. The summed E-state index contributed by atoms with van der Waals surface area (Å²) in [4.78, 5) is 12.6. The summed E-state index contributed by atoms with van der Waals surface area (Å²) in [5, 5.41) is 3.34. The van der Waals surface area contributed by atoms with Gasteiger partial charge in [0.1, 0.15) is 5.75 Å². The van der Waals surface area contributed by atoms with E-state index in [1.54, 1.807) is 42.5 Å². The van der Waals surface area contributed by atoms with E-state index in [1.807, 2.05) is 6.92 Å². The number of hydrogen-bond donors (Lipinski definition) is 1. The van der Waals surface area contributed by atoms with Crippen molar-refractivity contribution in [2.45, 2.75) is 13.0 Å². The predicted molar refractivity (Wildman–Crippen MR) is 97.9 cm³/mol. The maximum atomic E-state index is 12.6. The summed E-state index contributed by atoms with van der Waals surface area (Å²) in [6.45, 7) is 1.73. The van der Waals surface area contributed by atoms with Crippen LogP contribution in [0, 0.1) is 6.92 Å². The van der Waals surface area contributed by atoms with Gasteiger partial charge in [0.2, 0.25) is 10.0 Å². The van der Waals surface area contributed by atoms with Crippen LogP contribution in [0.1, 0.15) is 5.56 Å². The molecular weight excluding hydrogens is 364 g/mol. The zero-order chi connectivity index (χ0) is 18.2. The van der Waals surface area contributed by atoms with Gasteiger partial charge < -0.3 is 10.1 Å². The number of ether oxygens (including phenoxy) is 1. The Morgan fingerprint density at radius 1 is 1.28 bits per heavy atom. The minimum atomic E-state index is -3.54. The van der Waals surface area contributed by atoms with E-state index in [1.165, 1.54) is 4.31 Å². The molecular formula is C17H17ClN2O4S. The molecule has 1 amide bonds. The van der Waals surface area contributed by atoms with Crippen molar-refractivity contribution in [3.8, 4) is 5.75 Å². The van der Waals surface area contributed by atoms with Crippen molar-refractivity contribution in [3.05, 3.63) is 53.1 Å². The van der Waals surface area contributed by atoms with Crippen molar-refractivity contribution in [2.75, 3.05) is 22.4 Å². The molecule has 1 aliphatic heterocycles. The molecule has 0 fully saturated rings. The number of hydrogen-bond acceptors (Lipinski definition) is 4. The fourth-order valence-corrected chi connectivity index (χ4v) is 3.77. The maximum absolute atomic E-state index is 12.6. The third-order valence-corrected chi connectivity index (χ3v) is 5.26. The number of carbonyl (C=O) groups is 1. The fraction of sp³-hybridized carbons (Fsp3) is 0.235. The van der Waals surface area contributed by atoms with Gasteiger partial charge in [-0.3, -0.25) is 9.10 Å². The highest BCUT2D eigenvalue weighted by Gasteiger charge is 2.34. The van der Waals surface area contributed by atoms with E-state index in [0.717, 1.165) is 11.8 Å². The van der Waals surface area contributed by atoms with E-state index in [-0.39, 0.29) is 6.54 Å². The van der Waals surface area contributed by atoms with Crippen molar-refractivity contribution in [1.82, 2.24) is 0 Å². The standard InChI is InChI=1S/C17H17ClN2O4S/c1-11-9-12(18)7-8-13(11)19-17(21)16-10-20(25(2,22)23)14-5-3-4-6-15(14)24-16/h3-9,16H,10H2,1-2H3,(H,19,21)/t16-/m0/s1. The van der Waals surface area contributed by atoms with E-state index in [4.69, 9.17) is 16.3 Å². The van der Waals surface area contributed by atoms with Crippen LogP contribution in [0.4, 0.5) is 11.4 Å². The Balaban J connectivity index is 1.87. The fourth-order valence-electron chi connectivity index (χ4n) is 2.63. The molecule has 0 bridgehead atoms. The number of sulfonamides is 1. The Bertz CT molecular complexity index is 930. The zero-order valence-corrected chi connectivity index (χ0v) is 15.3. The van der Waals surface area contributed by atoms with E-state index >= 15 is 0 Å². The Morgan fingerprint density at radius 3 is 2.68 bits per heavy atom. The molecule has 1 atom stereocenters. The molecule has 0 spiro atoms. The molecule has 8 heteroatoms. The summed E-state index contributed by atoms with van der Waals surface area (Å²) in [6, 6.07) is 11.8. The highest BCUT2D eigenvalue weighted by molar-refractivity contribution is 7.92. The number of amides is 1. The molecule has 0 unspecified atom stereocenters. The van der Waals surface area contributed by atoms with Crippen LogP contribution in [0.15, 0.2) is 42.5 Å². The normalized spacial score (nSPS) is 16.8. The molecule has 6 nitrogen and oxygen atoms in total. The summed E-state index contributed by atoms with van der Waals surface area (Å²) in [7, 11) is -3.54. The SMILES string of the molecule is Cc1cc(Cl)ccc1NC(=O)[C@@H]1CN(S(C)(=O)=O)c2ccccc2O1. The molecule has 2 aromatic rings. The summed E-state index contributed by atoms with van der Waals surface area (Å²) in [5.41, 5.74) is 1.83. The first kappa shape index (κ1) is 17.6. The van der Waals surface area contributed by atoms with Crippen LogP contribution in [0.3, 0.4) is 0 Å². The van der Waals surface area contributed by atoms with E-state index in [2.05, 4.69) is 5.32 Å². The van der Waals surface area contributed by atoms with Gasteiger partial charge in [-0.05, 0) is 42.8 Å². The number of carbonyl (C=O) groups excluding carboxylic acids is 1. The molecule has 0 aliphatic carbocycles. The Kier molecular flexibility index (Phi) is 4.62. The second-order valence-electron chi connectivity index (χ2n) is 5.82. The second kappa shape index (κ2) is 6.57. The van der Waals surface area contributed by atoms with Crippen molar-refractivity contribution in [1.29, 1.82) is 0 Å². The third kappa shape index (κ3) is 3.72. The number of halogens is 1. The Hall–Kier alpha value is -2.25. The molecule has 0 aromatic heterocycles. The molecule has 0 saturated carbocycles. The highest BCUT2D eigenvalue weighted by atomic mass is 35.5. The van der Waals surface area contributed by atoms with Gasteiger partial charge in [-0.2, -0.15) is 0 Å². The molecule has 25 heavy (non-hydrogen) atoms. The lowest BCUT2D eigenvalue weighted by Gasteiger charge is -2.33. The number of fused-ring (bicyclic) bond motifs is 1. The number of nitrogens with zero attached hydrogens (tertiary/aromatic N) is 1. The van der Waals surface area contributed by atoms with E-state index in [0.29, 0.717) is 22.1 Å².